The van der Waals surface area contributed by atoms with Crippen molar-refractivity contribution in [3.8, 4) is 30.3 Å². The van der Waals surface area contributed by atoms with E-state index < -0.39 is 0 Å². The molecule has 0 aromatic carbocycles. The van der Waals surface area contributed by atoms with Gasteiger partial charge in [0.2, 0.25) is 0 Å². The van der Waals surface area contributed by atoms with Crippen LogP contribution in [0.1, 0.15) is 0 Å². The van der Waals surface area contributed by atoms with Gasteiger partial charge in [0, 0.05) is 32.8 Å². The van der Waals surface area contributed by atoms with Crippen molar-refractivity contribution in [2.24, 2.45) is 0 Å². The Bertz CT molecular complexity index is 904. The molecule has 0 fully saturated rings. The van der Waals surface area contributed by atoms with Crippen LogP contribution in [0.2, 0.25) is 0 Å². The van der Waals surface area contributed by atoms with Gasteiger partial charge < -0.3 is 4.74 Å². The highest BCUT2D eigenvalue weighted by molar-refractivity contribution is 7.26. The predicted molar refractivity (Wildman–Crippen MR) is 99.0 cm³/mol. The Labute approximate surface area is 146 Å². The summed E-state index contributed by atoms with van der Waals surface area (Å²) in [5.41, 5.74) is 0. The van der Waals surface area contributed by atoms with Gasteiger partial charge in [0.25, 0.3) is 5.00 Å². The Hall–Kier alpha value is -1.95. The van der Waals surface area contributed by atoms with Crippen LogP contribution in [0.15, 0.2) is 66.3 Å². The Morgan fingerprint density at radius 3 is 2.17 bits per heavy atom. The zero-order valence-electron chi connectivity index (χ0n) is 12.4. The van der Waals surface area contributed by atoms with E-state index in [9.17, 15) is 0 Å². The minimum absolute atomic E-state index is 0.872. The lowest BCUT2D eigenvalue weighted by molar-refractivity contribution is -0.591. The van der Waals surface area contributed by atoms with E-state index in [1.807, 2.05) is 35.9 Å². The Morgan fingerprint density at radius 2 is 1.48 bits per heavy atom. The molecule has 114 valence electrons. The standard InChI is InChI=1S/C18H14NOS3/c1-20-13-8-10-19(11-9-13)18-7-6-17(23-18)16-5-4-15(22-16)14-3-2-12-21-14/h2-12H,1H3/q+1. The van der Waals surface area contributed by atoms with Crippen molar-refractivity contribution in [1.82, 2.24) is 0 Å². The molecular weight excluding hydrogens is 342 g/mol. The first kappa shape index (κ1) is 14.6. The molecule has 4 rings (SSSR count). The maximum atomic E-state index is 5.21. The van der Waals surface area contributed by atoms with E-state index in [0.29, 0.717) is 0 Å². The van der Waals surface area contributed by atoms with Gasteiger partial charge in [0.15, 0.2) is 12.4 Å². The average Bonchev–Trinajstić information content (AvgIpc) is 3.34. The second-order valence-electron chi connectivity index (χ2n) is 4.92. The van der Waals surface area contributed by atoms with Crippen molar-refractivity contribution in [3.05, 3.63) is 66.3 Å². The molecule has 0 spiro atoms. The number of hydrogen-bond acceptors (Lipinski definition) is 4. The van der Waals surface area contributed by atoms with Crippen LogP contribution in [0.5, 0.6) is 5.75 Å². The molecule has 23 heavy (non-hydrogen) atoms. The summed E-state index contributed by atoms with van der Waals surface area (Å²) in [6.45, 7) is 0. The van der Waals surface area contributed by atoms with E-state index in [4.69, 9.17) is 4.74 Å². The summed E-state index contributed by atoms with van der Waals surface area (Å²) in [6.07, 6.45) is 4.06. The fourth-order valence-electron chi connectivity index (χ4n) is 2.32. The van der Waals surface area contributed by atoms with Crippen LogP contribution in [-0.4, -0.2) is 7.11 Å². The summed E-state index contributed by atoms with van der Waals surface area (Å²) in [5, 5.41) is 3.33. The first-order valence-corrected chi connectivity index (χ1v) is 9.64. The fourth-order valence-corrected chi connectivity index (χ4v) is 5.22. The molecule has 4 aromatic heterocycles. The number of aromatic nitrogens is 1. The number of rotatable bonds is 4. The molecular formula is C18H14NOS3+. The first-order valence-electron chi connectivity index (χ1n) is 7.13. The van der Waals surface area contributed by atoms with Crippen LogP contribution < -0.4 is 9.30 Å². The van der Waals surface area contributed by atoms with Gasteiger partial charge in [-0.2, -0.15) is 4.57 Å². The average molecular weight is 357 g/mol. The highest BCUT2D eigenvalue weighted by Crippen LogP contribution is 2.39. The molecule has 0 radical (unpaired) electrons. The molecule has 5 heteroatoms. The van der Waals surface area contributed by atoms with Crippen LogP contribution in [0.3, 0.4) is 0 Å². The van der Waals surface area contributed by atoms with Gasteiger partial charge in [-0.3, -0.25) is 0 Å². The molecule has 4 heterocycles. The first-order chi connectivity index (χ1) is 11.3. The molecule has 0 aliphatic heterocycles. The van der Waals surface area contributed by atoms with Gasteiger partial charge in [0.05, 0.1) is 12.0 Å². The van der Waals surface area contributed by atoms with Crippen molar-refractivity contribution in [3.63, 3.8) is 0 Å². The van der Waals surface area contributed by atoms with Crippen LogP contribution >= 0.6 is 34.0 Å². The maximum absolute atomic E-state index is 5.21. The Kier molecular flexibility index (Phi) is 3.99. The summed E-state index contributed by atoms with van der Waals surface area (Å²) in [6, 6.07) is 17.0. The summed E-state index contributed by atoms with van der Waals surface area (Å²) >= 11 is 5.44. The Balaban J connectivity index is 1.62. The number of ether oxygens (including phenoxy) is 1. The quantitative estimate of drug-likeness (QED) is 0.441. The second kappa shape index (κ2) is 6.28. The predicted octanol–water partition coefficient (Wildman–Crippen LogP) is 5.49. The molecule has 4 aromatic rings. The zero-order valence-corrected chi connectivity index (χ0v) is 14.9. The van der Waals surface area contributed by atoms with E-state index in [2.05, 4.69) is 46.3 Å². The smallest absolute Gasteiger partial charge is 0.267 e. The molecule has 0 atom stereocenters. The van der Waals surface area contributed by atoms with E-state index in [1.165, 1.54) is 24.5 Å². The SMILES string of the molecule is COc1cc[n+](-c2ccc(-c3ccc(-c4cccs4)s3)s2)cc1. The van der Waals surface area contributed by atoms with E-state index in [1.54, 1.807) is 29.8 Å². The van der Waals surface area contributed by atoms with E-state index in [0.717, 1.165) is 5.75 Å². The lowest BCUT2D eigenvalue weighted by Gasteiger charge is -1.96. The molecule has 0 saturated heterocycles. The van der Waals surface area contributed by atoms with Crippen LogP contribution in [0, 0.1) is 0 Å². The number of pyridine rings is 1. The number of thiophene rings is 3. The minimum atomic E-state index is 0.872. The van der Waals surface area contributed by atoms with Gasteiger partial charge in [0.1, 0.15) is 5.75 Å². The maximum Gasteiger partial charge on any atom is 0.267 e. The normalized spacial score (nSPS) is 10.8. The highest BCUT2D eigenvalue weighted by atomic mass is 32.1. The molecule has 0 aliphatic rings. The van der Waals surface area contributed by atoms with Gasteiger partial charge >= 0.3 is 0 Å². The van der Waals surface area contributed by atoms with Crippen LogP contribution in [0.25, 0.3) is 24.5 Å². The molecule has 2 nitrogen and oxygen atoms in total. The monoisotopic (exact) mass is 356 g/mol. The lowest BCUT2D eigenvalue weighted by atomic mass is 10.3. The number of hydrogen-bond donors (Lipinski definition) is 0. The molecule has 0 saturated carbocycles. The molecule has 0 amide bonds. The van der Waals surface area contributed by atoms with Gasteiger partial charge in [-0.05, 0) is 29.6 Å². The highest BCUT2D eigenvalue weighted by Gasteiger charge is 2.13. The fraction of sp³-hybridized carbons (Fsp3) is 0.0556. The van der Waals surface area contributed by atoms with Gasteiger partial charge in [-0.1, -0.05) is 17.4 Å². The summed E-state index contributed by atoms with van der Waals surface area (Å²) < 4.78 is 7.33. The largest absolute Gasteiger partial charge is 0.496 e. The van der Waals surface area contributed by atoms with Crippen LogP contribution in [-0.2, 0) is 0 Å². The van der Waals surface area contributed by atoms with E-state index in [-0.39, 0.29) is 0 Å². The third kappa shape index (κ3) is 2.95. The summed E-state index contributed by atoms with van der Waals surface area (Å²) in [5.74, 6) is 0.872. The van der Waals surface area contributed by atoms with Gasteiger partial charge in [-0.15, -0.1) is 22.7 Å². The molecule has 0 unspecified atom stereocenters. The van der Waals surface area contributed by atoms with Crippen LogP contribution in [0.4, 0.5) is 0 Å². The summed E-state index contributed by atoms with van der Waals surface area (Å²) in [7, 11) is 1.69. The topological polar surface area (TPSA) is 13.1 Å². The summed E-state index contributed by atoms with van der Waals surface area (Å²) in [4.78, 5) is 5.29. The third-order valence-corrected chi connectivity index (χ3v) is 6.94. The van der Waals surface area contributed by atoms with Crippen molar-refractivity contribution < 1.29 is 9.30 Å². The van der Waals surface area contributed by atoms with E-state index >= 15 is 0 Å². The van der Waals surface area contributed by atoms with Crippen molar-refractivity contribution >= 4 is 34.0 Å². The van der Waals surface area contributed by atoms with Crippen molar-refractivity contribution in [2.75, 3.05) is 7.11 Å². The third-order valence-electron chi connectivity index (χ3n) is 3.49. The minimum Gasteiger partial charge on any atom is -0.496 e. The van der Waals surface area contributed by atoms with Crippen molar-refractivity contribution in [2.45, 2.75) is 0 Å². The van der Waals surface area contributed by atoms with Crippen molar-refractivity contribution in [1.29, 1.82) is 0 Å². The Morgan fingerprint density at radius 1 is 0.783 bits per heavy atom. The molecule has 0 N–H and O–H groups in total. The number of nitrogens with zero attached hydrogens (tertiary/aromatic N) is 1. The zero-order chi connectivity index (χ0) is 15.6. The second-order valence-corrected chi connectivity index (χ2v) is 8.02. The molecule has 0 aliphatic carbocycles. The molecule has 0 bridgehead atoms. The number of methoxy groups -OCH3 is 1. The van der Waals surface area contributed by atoms with Gasteiger partial charge in [-0.25, -0.2) is 0 Å². The lowest BCUT2D eigenvalue weighted by Crippen LogP contribution is -2.27.